The summed E-state index contributed by atoms with van der Waals surface area (Å²) in [6, 6.07) is 17.7. The maximum Gasteiger partial charge on any atom is 0.180 e. The average molecular weight is 340 g/mol. The summed E-state index contributed by atoms with van der Waals surface area (Å²) in [6.07, 6.45) is 4.00. The van der Waals surface area contributed by atoms with Crippen molar-refractivity contribution in [3.63, 3.8) is 0 Å². The van der Waals surface area contributed by atoms with Gasteiger partial charge in [-0.15, -0.1) is 0 Å². The van der Waals surface area contributed by atoms with E-state index in [1.54, 1.807) is 11.1 Å². The molecule has 1 aromatic heterocycles. The number of H-pyrrole nitrogens is 1. The van der Waals surface area contributed by atoms with Gasteiger partial charge in [-0.3, -0.25) is 10.00 Å². The summed E-state index contributed by atoms with van der Waals surface area (Å²) in [5.41, 5.74) is 5.12. The molecule has 0 saturated heterocycles. The molecule has 126 valence electrons. The summed E-state index contributed by atoms with van der Waals surface area (Å²) in [7, 11) is 0. The van der Waals surface area contributed by atoms with Crippen molar-refractivity contribution in [3.05, 3.63) is 71.4 Å². The molecule has 1 aliphatic heterocycles. The Kier molecular flexibility index (Phi) is 4.01. The van der Waals surface area contributed by atoms with E-state index in [4.69, 9.17) is 5.26 Å². The fraction of sp³-hybridized carbons (Fsp3) is 0.150. The molecule has 1 aliphatic rings. The molecule has 2 heterocycles. The largest absolute Gasteiger partial charge is 0.368 e. The fourth-order valence-electron chi connectivity index (χ4n) is 3.42. The van der Waals surface area contributed by atoms with Crippen LogP contribution >= 0.6 is 0 Å². The molecule has 0 spiro atoms. The number of nitrogens with one attached hydrogen (secondary N) is 2. The molecule has 0 amide bonds. The molecule has 6 heteroatoms. The van der Waals surface area contributed by atoms with E-state index in [0.717, 1.165) is 28.1 Å². The van der Waals surface area contributed by atoms with Gasteiger partial charge in [0.1, 0.15) is 5.82 Å². The van der Waals surface area contributed by atoms with Crippen molar-refractivity contribution in [3.8, 4) is 23.4 Å². The smallest absolute Gasteiger partial charge is 0.180 e. The summed E-state index contributed by atoms with van der Waals surface area (Å²) in [5, 5.41) is 28.7. The van der Waals surface area contributed by atoms with Gasteiger partial charge in [0.15, 0.2) is 6.19 Å². The summed E-state index contributed by atoms with van der Waals surface area (Å²) in [4.78, 5) is 1.79. The Balaban J connectivity index is 1.67. The molecular formula is C20H16N6. The monoisotopic (exact) mass is 340 g/mol. The first-order valence-electron chi connectivity index (χ1n) is 8.32. The van der Waals surface area contributed by atoms with E-state index >= 15 is 0 Å². The summed E-state index contributed by atoms with van der Waals surface area (Å²) in [5.74, 6) is 0.833. The number of aromatic amines is 1. The lowest BCUT2D eigenvalue weighted by Gasteiger charge is -2.19. The number of anilines is 1. The second-order valence-electron chi connectivity index (χ2n) is 6.16. The average Bonchev–Trinajstić information content (AvgIpc) is 3.33. The van der Waals surface area contributed by atoms with Gasteiger partial charge >= 0.3 is 0 Å². The van der Waals surface area contributed by atoms with Crippen molar-refractivity contribution in [2.24, 2.45) is 0 Å². The van der Waals surface area contributed by atoms with Gasteiger partial charge in [-0.25, -0.2) is 0 Å². The molecule has 4 rings (SSSR count). The third-order valence-corrected chi connectivity index (χ3v) is 4.72. The molecule has 6 nitrogen and oxygen atoms in total. The van der Waals surface area contributed by atoms with Crippen LogP contribution in [0, 0.1) is 22.8 Å². The van der Waals surface area contributed by atoms with E-state index < -0.39 is 0 Å². The van der Waals surface area contributed by atoms with Gasteiger partial charge in [0.25, 0.3) is 0 Å². The highest BCUT2D eigenvalue weighted by Gasteiger charge is 2.31. The van der Waals surface area contributed by atoms with E-state index in [-0.39, 0.29) is 6.04 Å². The van der Waals surface area contributed by atoms with Crippen molar-refractivity contribution in [1.82, 2.24) is 15.1 Å². The SMILES string of the molecule is N#Cc1ccc(-c2cccc3c2CN(C#N)C3CNc2ccn[nH]2)cc1. The molecular weight excluding hydrogens is 324 g/mol. The third-order valence-electron chi connectivity index (χ3n) is 4.72. The Bertz CT molecular complexity index is 992. The lowest BCUT2D eigenvalue weighted by Crippen LogP contribution is -2.23. The van der Waals surface area contributed by atoms with Gasteiger partial charge in [0, 0.05) is 6.54 Å². The van der Waals surface area contributed by atoms with Crippen LogP contribution < -0.4 is 5.32 Å². The number of rotatable bonds is 4. The molecule has 3 aromatic rings. The van der Waals surface area contributed by atoms with Gasteiger partial charge in [-0.1, -0.05) is 30.3 Å². The molecule has 1 atom stereocenters. The zero-order chi connectivity index (χ0) is 17.9. The van der Waals surface area contributed by atoms with Crippen LogP contribution in [-0.2, 0) is 6.54 Å². The van der Waals surface area contributed by atoms with Crippen LogP contribution in [0.1, 0.15) is 22.7 Å². The molecule has 2 N–H and O–H groups in total. The van der Waals surface area contributed by atoms with Crippen molar-refractivity contribution in [1.29, 1.82) is 10.5 Å². The number of benzene rings is 2. The molecule has 26 heavy (non-hydrogen) atoms. The topological polar surface area (TPSA) is 91.5 Å². The Hall–Kier alpha value is -3.77. The first-order valence-corrected chi connectivity index (χ1v) is 8.32. The summed E-state index contributed by atoms with van der Waals surface area (Å²) < 4.78 is 0. The minimum absolute atomic E-state index is 0.0309. The zero-order valence-electron chi connectivity index (χ0n) is 14.0. The third kappa shape index (κ3) is 2.74. The number of aromatic nitrogens is 2. The number of nitrogens with zero attached hydrogens (tertiary/aromatic N) is 4. The highest BCUT2D eigenvalue weighted by atomic mass is 15.2. The van der Waals surface area contributed by atoms with E-state index in [0.29, 0.717) is 18.7 Å². The molecule has 1 unspecified atom stereocenters. The van der Waals surface area contributed by atoms with Gasteiger partial charge < -0.3 is 5.32 Å². The maximum absolute atomic E-state index is 9.59. The number of hydrogen-bond donors (Lipinski definition) is 2. The molecule has 0 aliphatic carbocycles. The van der Waals surface area contributed by atoms with E-state index in [1.165, 1.54) is 0 Å². The first kappa shape index (κ1) is 15.7. The minimum atomic E-state index is -0.0309. The normalized spacial score (nSPS) is 15.2. The second kappa shape index (κ2) is 6.62. The minimum Gasteiger partial charge on any atom is -0.368 e. The number of fused-ring (bicyclic) bond motifs is 1. The fourth-order valence-corrected chi connectivity index (χ4v) is 3.42. The number of hydrogen-bond acceptors (Lipinski definition) is 5. The Morgan fingerprint density at radius 1 is 1.15 bits per heavy atom. The molecule has 2 aromatic carbocycles. The quantitative estimate of drug-likeness (QED) is 0.710. The zero-order valence-corrected chi connectivity index (χ0v) is 14.0. The summed E-state index contributed by atoms with van der Waals surface area (Å²) >= 11 is 0. The van der Waals surface area contributed by atoms with E-state index in [9.17, 15) is 5.26 Å². The van der Waals surface area contributed by atoms with E-state index in [1.807, 2.05) is 36.4 Å². The molecule has 0 fully saturated rings. The number of nitriles is 2. The summed E-state index contributed by atoms with van der Waals surface area (Å²) in [6.45, 7) is 1.19. The van der Waals surface area contributed by atoms with Gasteiger partial charge in [-0.2, -0.15) is 15.6 Å². The van der Waals surface area contributed by atoms with Crippen molar-refractivity contribution in [2.45, 2.75) is 12.6 Å². The Labute approximate surface area is 151 Å². The van der Waals surface area contributed by atoms with Gasteiger partial charge in [0.2, 0.25) is 0 Å². The highest BCUT2D eigenvalue weighted by molar-refractivity contribution is 5.70. The maximum atomic E-state index is 9.59. The predicted molar refractivity (Wildman–Crippen MR) is 97.6 cm³/mol. The van der Waals surface area contributed by atoms with Crippen molar-refractivity contribution in [2.75, 3.05) is 11.9 Å². The Morgan fingerprint density at radius 3 is 2.69 bits per heavy atom. The standard InChI is InChI=1S/C20H16N6/c21-10-14-4-6-15(7-5-14)16-2-1-3-17-18(16)12-26(13-22)19(17)11-23-20-8-9-24-25-20/h1-9,19H,11-12H2,(H2,23,24,25). The van der Waals surface area contributed by atoms with E-state index in [2.05, 4.69) is 39.9 Å². The van der Waals surface area contributed by atoms with Crippen LogP contribution in [0.5, 0.6) is 0 Å². The van der Waals surface area contributed by atoms with Crippen molar-refractivity contribution < 1.29 is 0 Å². The van der Waals surface area contributed by atoms with Gasteiger partial charge in [0.05, 0.1) is 30.4 Å². The van der Waals surface area contributed by atoms with Crippen LogP contribution in [0.3, 0.4) is 0 Å². The van der Waals surface area contributed by atoms with Crippen molar-refractivity contribution >= 4 is 5.82 Å². The molecule has 0 bridgehead atoms. The molecule has 0 radical (unpaired) electrons. The second-order valence-corrected chi connectivity index (χ2v) is 6.16. The first-order chi connectivity index (χ1) is 12.8. The predicted octanol–water partition coefficient (Wildman–Crippen LogP) is 3.40. The Morgan fingerprint density at radius 2 is 2.00 bits per heavy atom. The lowest BCUT2D eigenvalue weighted by atomic mass is 9.94. The van der Waals surface area contributed by atoms with Crippen LogP contribution in [0.2, 0.25) is 0 Å². The van der Waals surface area contributed by atoms with Crippen LogP contribution in [-0.4, -0.2) is 21.6 Å². The van der Waals surface area contributed by atoms with Gasteiger partial charge in [-0.05, 0) is 40.5 Å². The highest BCUT2D eigenvalue weighted by Crippen LogP contribution is 2.39. The van der Waals surface area contributed by atoms with Crippen LogP contribution in [0.4, 0.5) is 5.82 Å². The lowest BCUT2D eigenvalue weighted by molar-refractivity contribution is 0.333. The van der Waals surface area contributed by atoms with Crippen LogP contribution in [0.15, 0.2) is 54.7 Å². The van der Waals surface area contributed by atoms with Crippen LogP contribution in [0.25, 0.3) is 11.1 Å². The molecule has 0 saturated carbocycles.